The Morgan fingerprint density at radius 3 is 2.81 bits per heavy atom. The molecule has 4 aromatic rings. The van der Waals surface area contributed by atoms with Gasteiger partial charge in [0.2, 0.25) is 5.95 Å². The minimum absolute atomic E-state index is 0.00229. The van der Waals surface area contributed by atoms with Gasteiger partial charge >= 0.3 is 4.87 Å². The fourth-order valence-electron chi connectivity index (χ4n) is 4.00. The van der Waals surface area contributed by atoms with Crippen LogP contribution in [0.2, 0.25) is 0 Å². The van der Waals surface area contributed by atoms with Gasteiger partial charge < -0.3 is 25.1 Å². The standard InChI is InChI=1S/C21H23N7O2S/c1-27(2)14-5-7-28(8-6-14)19(29)16-9-12-11-22-20(26-18(12)24-16)23-13-3-4-15-17(10-13)31-21(30)25-15/h3-4,9-11,14H,5-8H2,1-2H3,(H,25,30)(H2,22,23,24,26). The van der Waals surface area contributed by atoms with Crippen molar-refractivity contribution in [2.75, 3.05) is 32.5 Å². The summed E-state index contributed by atoms with van der Waals surface area (Å²) in [7, 11) is 4.17. The molecule has 0 saturated carbocycles. The van der Waals surface area contributed by atoms with Gasteiger partial charge in [-0.25, -0.2) is 4.98 Å². The fourth-order valence-corrected chi connectivity index (χ4v) is 4.78. The summed E-state index contributed by atoms with van der Waals surface area (Å²) >= 11 is 1.16. The van der Waals surface area contributed by atoms with Gasteiger partial charge in [0.25, 0.3) is 5.91 Å². The first-order chi connectivity index (χ1) is 15.0. The summed E-state index contributed by atoms with van der Waals surface area (Å²) < 4.78 is 0.863. The van der Waals surface area contributed by atoms with E-state index in [9.17, 15) is 9.59 Å². The van der Waals surface area contributed by atoms with E-state index in [1.54, 1.807) is 6.20 Å². The van der Waals surface area contributed by atoms with Crippen LogP contribution in [0.1, 0.15) is 23.3 Å². The summed E-state index contributed by atoms with van der Waals surface area (Å²) in [4.78, 5) is 43.3. The second-order valence-corrected chi connectivity index (χ2v) is 9.03. The molecule has 9 nitrogen and oxygen atoms in total. The predicted molar refractivity (Wildman–Crippen MR) is 122 cm³/mol. The normalized spacial score (nSPS) is 15.3. The van der Waals surface area contributed by atoms with Gasteiger partial charge in [0, 0.05) is 36.4 Å². The number of benzene rings is 1. The van der Waals surface area contributed by atoms with E-state index in [4.69, 9.17) is 0 Å². The Hall–Kier alpha value is -3.24. The SMILES string of the molecule is CN(C)C1CCN(C(=O)c2cc3cnc(Nc4ccc5[nH]c(=O)sc5c4)nc3[nH]2)CC1. The summed E-state index contributed by atoms with van der Waals surface area (Å²) in [6.45, 7) is 1.51. The number of piperidine rings is 1. The van der Waals surface area contributed by atoms with Crippen molar-refractivity contribution in [2.45, 2.75) is 18.9 Å². The van der Waals surface area contributed by atoms with E-state index >= 15 is 0 Å². The van der Waals surface area contributed by atoms with Gasteiger partial charge in [0.1, 0.15) is 11.3 Å². The van der Waals surface area contributed by atoms with E-state index in [1.165, 1.54) is 0 Å². The number of fused-ring (bicyclic) bond motifs is 2. The van der Waals surface area contributed by atoms with Crippen molar-refractivity contribution < 1.29 is 4.79 Å². The third-order valence-electron chi connectivity index (χ3n) is 5.76. The smallest absolute Gasteiger partial charge is 0.305 e. The van der Waals surface area contributed by atoms with Gasteiger partial charge in [-0.15, -0.1) is 0 Å². The molecule has 160 valence electrons. The highest BCUT2D eigenvalue weighted by molar-refractivity contribution is 7.16. The van der Waals surface area contributed by atoms with Crippen LogP contribution in [0.25, 0.3) is 21.3 Å². The van der Waals surface area contributed by atoms with E-state index < -0.39 is 0 Å². The Balaban J connectivity index is 1.33. The topological polar surface area (TPSA) is 110 Å². The maximum atomic E-state index is 12.9. The van der Waals surface area contributed by atoms with Crippen LogP contribution in [0.5, 0.6) is 0 Å². The molecule has 5 rings (SSSR count). The number of aromatic amines is 2. The number of anilines is 2. The Labute approximate surface area is 182 Å². The highest BCUT2D eigenvalue weighted by atomic mass is 32.1. The number of aromatic nitrogens is 4. The number of likely N-dealkylation sites (tertiary alicyclic amines) is 1. The van der Waals surface area contributed by atoms with Crippen LogP contribution in [0.4, 0.5) is 11.6 Å². The van der Waals surface area contributed by atoms with E-state index in [0.29, 0.717) is 23.3 Å². The molecule has 0 atom stereocenters. The molecular weight excluding hydrogens is 414 g/mol. The minimum Gasteiger partial charge on any atom is -0.337 e. The first-order valence-electron chi connectivity index (χ1n) is 10.2. The lowest BCUT2D eigenvalue weighted by atomic mass is 10.0. The zero-order valence-electron chi connectivity index (χ0n) is 17.3. The number of carbonyl (C=O) groups excluding carboxylic acids is 1. The largest absolute Gasteiger partial charge is 0.337 e. The van der Waals surface area contributed by atoms with Crippen LogP contribution in [-0.2, 0) is 0 Å². The summed E-state index contributed by atoms with van der Waals surface area (Å²) in [6, 6.07) is 7.92. The molecule has 1 aliphatic heterocycles. The molecule has 10 heteroatoms. The van der Waals surface area contributed by atoms with E-state index in [1.807, 2.05) is 29.2 Å². The van der Waals surface area contributed by atoms with Crippen LogP contribution in [0.3, 0.4) is 0 Å². The van der Waals surface area contributed by atoms with E-state index in [0.717, 1.165) is 58.6 Å². The van der Waals surface area contributed by atoms with Gasteiger partial charge in [-0.1, -0.05) is 11.3 Å². The van der Waals surface area contributed by atoms with E-state index in [-0.39, 0.29) is 10.8 Å². The molecule has 31 heavy (non-hydrogen) atoms. The molecule has 0 radical (unpaired) electrons. The minimum atomic E-state index is -0.0839. The summed E-state index contributed by atoms with van der Waals surface area (Å²) in [5.41, 5.74) is 2.73. The van der Waals surface area contributed by atoms with Crippen LogP contribution in [-0.4, -0.2) is 68.9 Å². The molecule has 0 spiro atoms. The van der Waals surface area contributed by atoms with Crippen LogP contribution in [0, 0.1) is 0 Å². The molecule has 3 aromatic heterocycles. The van der Waals surface area contributed by atoms with Crippen molar-refractivity contribution in [1.29, 1.82) is 0 Å². The Bertz CT molecular complexity index is 1310. The molecule has 1 saturated heterocycles. The quantitative estimate of drug-likeness (QED) is 0.453. The highest BCUT2D eigenvalue weighted by Crippen LogP contribution is 2.23. The Kier molecular flexibility index (Phi) is 4.95. The van der Waals surface area contributed by atoms with Crippen molar-refractivity contribution in [1.82, 2.24) is 29.7 Å². The van der Waals surface area contributed by atoms with Crippen molar-refractivity contribution in [3.05, 3.63) is 45.8 Å². The molecule has 1 amide bonds. The lowest BCUT2D eigenvalue weighted by molar-refractivity contribution is 0.0658. The van der Waals surface area contributed by atoms with E-state index in [2.05, 4.69) is 44.2 Å². The third-order valence-corrected chi connectivity index (χ3v) is 6.60. The van der Waals surface area contributed by atoms with Crippen molar-refractivity contribution in [2.24, 2.45) is 0 Å². The van der Waals surface area contributed by atoms with Crippen LogP contribution in [0.15, 0.2) is 35.3 Å². The Morgan fingerprint density at radius 1 is 1.23 bits per heavy atom. The summed E-state index contributed by atoms with van der Waals surface area (Å²) in [5, 5.41) is 3.95. The second-order valence-electron chi connectivity index (χ2n) is 8.02. The Morgan fingerprint density at radius 2 is 2.03 bits per heavy atom. The average molecular weight is 438 g/mol. The van der Waals surface area contributed by atoms with Crippen LogP contribution < -0.4 is 10.2 Å². The first kappa shape index (κ1) is 19.7. The van der Waals surface area contributed by atoms with Crippen LogP contribution >= 0.6 is 11.3 Å². The molecule has 1 aromatic carbocycles. The number of nitrogens with one attached hydrogen (secondary N) is 3. The average Bonchev–Trinajstić information content (AvgIpc) is 3.35. The molecule has 1 fully saturated rings. The molecule has 0 aliphatic carbocycles. The predicted octanol–water partition coefficient (Wildman–Crippen LogP) is 2.77. The van der Waals surface area contributed by atoms with Gasteiger partial charge in [-0.05, 0) is 51.2 Å². The van der Waals surface area contributed by atoms with Crippen molar-refractivity contribution in [3.63, 3.8) is 0 Å². The molecular formula is C21H23N7O2S. The number of hydrogen-bond acceptors (Lipinski definition) is 7. The lowest BCUT2D eigenvalue weighted by Gasteiger charge is -2.35. The third kappa shape index (κ3) is 3.91. The first-order valence-corrected chi connectivity index (χ1v) is 11.0. The number of H-pyrrole nitrogens is 2. The molecule has 0 unspecified atom stereocenters. The highest BCUT2D eigenvalue weighted by Gasteiger charge is 2.25. The van der Waals surface area contributed by atoms with Crippen molar-refractivity contribution in [3.8, 4) is 0 Å². The van der Waals surface area contributed by atoms with Crippen molar-refractivity contribution >= 4 is 50.1 Å². The van der Waals surface area contributed by atoms with Gasteiger partial charge in [0.05, 0.1) is 10.2 Å². The molecule has 1 aliphatic rings. The van der Waals surface area contributed by atoms with Gasteiger partial charge in [0.15, 0.2) is 0 Å². The molecule has 0 bridgehead atoms. The second kappa shape index (κ2) is 7.78. The van der Waals surface area contributed by atoms with Gasteiger partial charge in [-0.3, -0.25) is 9.59 Å². The zero-order chi connectivity index (χ0) is 21.5. The number of amides is 1. The number of thiazole rings is 1. The number of carbonyl (C=O) groups is 1. The number of nitrogens with zero attached hydrogens (tertiary/aromatic N) is 4. The monoisotopic (exact) mass is 437 g/mol. The fraction of sp³-hybridized carbons (Fsp3) is 0.333. The summed E-state index contributed by atoms with van der Waals surface area (Å²) in [6.07, 6.45) is 3.66. The maximum absolute atomic E-state index is 12.9. The lowest BCUT2D eigenvalue weighted by Crippen LogP contribution is -2.44. The number of hydrogen-bond donors (Lipinski definition) is 3. The van der Waals surface area contributed by atoms with Gasteiger partial charge in [-0.2, -0.15) is 4.98 Å². The maximum Gasteiger partial charge on any atom is 0.305 e. The number of rotatable bonds is 4. The zero-order valence-corrected chi connectivity index (χ0v) is 18.1. The molecule has 3 N–H and O–H groups in total. The molecule has 4 heterocycles. The summed E-state index contributed by atoms with van der Waals surface area (Å²) in [5.74, 6) is 0.417.